The van der Waals surface area contributed by atoms with Crippen molar-refractivity contribution in [1.82, 2.24) is 4.90 Å². The first kappa shape index (κ1) is 14.3. The summed E-state index contributed by atoms with van der Waals surface area (Å²) in [6, 6.07) is 0. The fourth-order valence-corrected chi connectivity index (χ4v) is 2.92. The Bertz CT molecular complexity index is 221. The number of nitrogens with zero attached hydrogens (tertiary/aromatic N) is 1. The van der Waals surface area contributed by atoms with Crippen molar-refractivity contribution in [3.05, 3.63) is 0 Å². The molecule has 4 heteroatoms. The molecule has 1 heterocycles. The maximum atomic E-state index is 5.73. The molecule has 16 heavy (non-hydrogen) atoms. The fraction of sp³-hybridized carbons (Fsp3) is 0.917. The number of nitrogens with two attached hydrogens (primary N) is 1. The molecule has 0 aromatic heterocycles. The summed E-state index contributed by atoms with van der Waals surface area (Å²) in [6.45, 7) is 8.01. The van der Waals surface area contributed by atoms with E-state index in [1.165, 1.54) is 44.0 Å². The van der Waals surface area contributed by atoms with Crippen LogP contribution in [0.15, 0.2) is 0 Å². The quantitative estimate of drug-likeness (QED) is 0.769. The van der Waals surface area contributed by atoms with Crippen molar-refractivity contribution >= 4 is 29.0 Å². The molecule has 0 amide bonds. The van der Waals surface area contributed by atoms with Gasteiger partial charge in [0.1, 0.15) is 0 Å². The molecule has 0 spiro atoms. The summed E-state index contributed by atoms with van der Waals surface area (Å²) < 4.78 is 0. The van der Waals surface area contributed by atoms with Crippen molar-refractivity contribution in [1.29, 1.82) is 0 Å². The predicted molar refractivity (Wildman–Crippen MR) is 78.2 cm³/mol. The number of hydrogen-bond acceptors (Lipinski definition) is 3. The minimum Gasteiger partial charge on any atom is -0.393 e. The predicted octanol–water partition coefficient (Wildman–Crippen LogP) is 2.52. The summed E-state index contributed by atoms with van der Waals surface area (Å²) in [5.41, 5.74) is 5.75. The third-order valence-corrected chi connectivity index (χ3v) is 4.86. The highest BCUT2D eigenvalue weighted by Crippen LogP contribution is 2.23. The van der Waals surface area contributed by atoms with Crippen LogP contribution in [0.3, 0.4) is 0 Å². The number of thiocarbonyl (C=S) groups is 1. The van der Waals surface area contributed by atoms with Gasteiger partial charge in [0, 0.05) is 17.7 Å². The summed E-state index contributed by atoms with van der Waals surface area (Å²) in [6.07, 6.45) is 3.64. The lowest BCUT2D eigenvalue weighted by atomic mass is 9.88. The monoisotopic (exact) mass is 260 g/mol. The second kappa shape index (κ2) is 6.82. The molecule has 0 aromatic rings. The zero-order chi connectivity index (χ0) is 12.0. The van der Waals surface area contributed by atoms with E-state index in [0.717, 1.165) is 6.42 Å². The van der Waals surface area contributed by atoms with Crippen molar-refractivity contribution < 1.29 is 0 Å². The first-order valence-electron chi connectivity index (χ1n) is 6.12. The first-order valence-corrected chi connectivity index (χ1v) is 7.69. The van der Waals surface area contributed by atoms with Gasteiger partial charge in [-0.25, -0.2) is 0 Å². The van der Waals surface area contributed by atoms with Gasteiger partial charge in [-0.05, 0) is 38.1 Å². The Kier molecular flexibility index (Phi) is 6.08. The van der Waals surface area contributed by atoms with Gasteiger partial charge in [0.15, 0.2) is 0 Å². The van der Waals surface area contributed by atoms with Crippen molar-refractivity contribution in [2.45, 2.75) is 33.1 Å². The summed E-state index contributed by atoms with van der Waals surface area (Å²) in [7, 11) is 0. The van der Waals surface area contributed by atoms with E-state index in [0.29, 0.717) is 4.99 Å². The molecule has 1 saturated heterocycles. The van der Waals surface area contributed by atoms with Gasteiger partial charge in [0.25, 0.3) is 0 Å². The maximum Gasteiger partial charge on any atom is 0.0784 e. The SMILES string of the molecule is CC(C)(CCCN1CCCSCC1)C(N)=S. The highest BCUT2D eigenvalue weighted by molar-refractivity contribution is 7.99. The Morgan fingerprint density at radius 2 is 2.12 bits per heavy atom. The molecule has 0 bridgehead atoms. The van der Waals surface area contributed by atoms with E-state index >= 15 is 0 Å². The standard InChI is InChI=1S/C12H24N2S2/c1-12(2,11(13)15)5-3-6-14-7-4-9-16-10-8-14/h3-10H2,1-2H3,(H2,13,15). The molecule has 1 aliphatic rings. The molecule has 2 N–H and O–H groups in total. The molecule has 0 saturated carbocycles. The number of hydrogen-bond donors (Lipinski definition) is 1. The Morgan fingerprint density at radius 3 is 2.81 bits per heavy atom. The molecule has 0 aliphatic carbocycles. The summed E-state index contributed by atoms with van der Waals surface area (Å²) in [5, 5.41) is 0. The molecule has 1 aliphatic heterocycles. The molecular weight excluding hydrogens is 236 g/mol. The molecule has 0 unspecified atom stereocenters. The lowest BCUT2D eigenvalue weighted by Crippen LogP contribution is -2.32. The zero-order valence-electron chi connectivity index (χ0n) is 10.5. The van der Waals surface area contributed by atoms with Gasteiger partial charge >= 0.3 is 0 Å². The first-order chi connectivity index (χ1) is 7.52. The lowest BCUT2D eigenvalue weighted by Gasteiger charge is -2.25. The van der Waals surface area contributed by atoms with Gasteiger partial charge in [-0.3, -0.25) is 0 Å². The Morgan fingerprint density at radius 1 is 1.38 bits per heavy atom. The molecule has 0 aromatic carbocycles. The highest BCUT2D eigenvalue weighted by atomic mass is 32.2. The van der Waals surface area contributed by atoms with Crippen molar-refractivity contribution in [2.24, 2.45) is 11.1 Å². The van der Waals surface area contributed by atoms with Crippen molar-refractivity contribution in [3.63, 3.8) is 0 Å². The molecule has 1 fully saturated rings. The molecule has 94 valence electrons. The topological polar surface area (TPSA) is 29.3 Å². The third-order valence-electron chi connectivity index (χ3n) is 3.26. The average Bonchev–Trinajstić information content (AvgIpc) is 2.46. The molecule has 0 atom stereocenters. The fourth-order valence-electron chi connectivity index (χ4n) is 1.89. The molecule has 0 radical (unpaired) electrons. The van der Waals surface area contributed by atoms with Gasteiger partial charge < -0.3 is 10.6 Å². The maximum absolute atomic E-state index is 5.73. The van der Waals surface area contributed by atoms with E-state index in [2.05, 4.69) is 30.5 Å². The van der Waals surface area contributed by atoms with Crippen LogP contribution in [-0.4, -0.2) is 41.0 Å². The van der Waals surface area contributed by atoms with Crippen molar-refractivity contribution in [3.8, 4) is 0 Å². The highest BCUT2D eigenvalue weighted by Gasteiger charge is 2.21. The van der Waals surface area contributed by atoms with Crippen LogP contribution in [0.4, 0.5) is 0 Å². The van der Waals surface area contributed by atoms with Crippen LogP contribution in [0.5, 0.6) is 0 Å². The van der Waals surface area contributed by atoms with Gasteiger partial charge in [-0.2, -0.15) is 11.8 Å². The smallest absolute Gasteiger partial charge is 0.0784 e. The minimum absolute atomic E-state index is 0.0237. The molecule has 1 rings (SSSR count). The van der Waals surface area contributed by atoms with Gasteiger partial charge in [-0.1, -0.05) is 26.1 Å². The van der Waals surface area contributed by atoms with E-state index in [9.17, 15) is 0 Å². The largest absolute Gasteiger partial charge is 0.393 e. The molecular formula is C12H24N2S2. The van der Waals surface area contributed by atoms with Crippen molar-refractivity contribution in [2.75, 3.05) is 31.1 Å². The van der Waals surface area contributed by atoms with Crippen LogP contribution in [-0.2, 0) is 0 Å². The minimum atomic E-state index is 0.0237. The summed E-state index contributed by atoms with van der Waals surface area (Å²) in [4.78, 5) is 3.23. The second-order valence-corrected chi connectivity index (χ2v) is 6.82. The Balaban J connectivity index is 2.21. The van der Waals surface area contributed by atoms with Crippen LogP contribution < -0.4 is 5.73 Å². The zero-order valence-corrected chi connectivity index (χ0v) is 12.1. The Hall–Kier alpha value is 0.200. The normalized spacial score (nSPS) is 19.4. The lowest BCUT2D eigenvalue weighted by molar-refractivity contribution is 0.276. The summed E-state index contributed by atoms with van der Waals surface area (Å²) in [5.74, 6) is 2.62. The van der Waals surface area contributed by atoms with Crippen LogP contribution in [0.2, 0.25) is 0 Å². The van der Waals surface area contributed by atoms with Crippen LogP contribution in [0.25, 0.3) is 0 Å². The molecule has 2 nitrogen and oxygen atoms in total. The van der Waals surface area contributed by atoms with E-state index < -0.39 is 0 Å². The van der Waals surface area contributed by atoms with E-state index in [-0.39, 0.29) is 5.41 Å². The van der Waals surface area contributed by atoms with E-state index in [1.807, 2.05) is 0 Å². The average molecular weight is 260 g/mol. The van der Waals surface area contributed by atoms with Crippen LogP contribution in [0.1, 0.15) is 33.1 Å². The summed E-state index contributed by atoms with van der Waals surface area (Å²) >= 11 is 7.16. The number of thioether (sulfide) groups is 1. The van der Waals surface area contributed by atoms with E-state index in [1.54, 1.807) is 0 Å². The third kappa shape index (κ3) is 5.02. The van der Waals surface area contributed by atoms with Gasteiger partial charge in [0.05, 0.1) is 4.99 Å². The number of rotatable bonds is 5. The van der Waals surface area contributed by atoms with Gasteiger partial charge in [0.2, 0.25) is 0 Å². The van der Waals surface area contributed by atoms with E-state index in [4.69, 9.17) is 18.0 Å². The van der Waals surface area contributed by atoms with Crippen LogP contribution >= 0.6 is 24.0 Å². The van der Waals surface area contributed by atoms with Crippen LogP contribution in [0, 0.1) is 5.41 Å². The Labute approximate surface area is 109 Å². The second-order valence-electron chi connectivity index (χ2n) is 5.16. The van der Waals surface area contributed by atoms with Gasteiger partial charge in [-0.15, -0.1) is 0 Å².